The van der Waals surface area contributed by atoms with E-state index in [2.05, 4.69) is 5.32 Å². The molecule has 0 aliphatic carbocycles. The maximum atomic E-state index is 13.3. The number of anilines is 1. The molecule has 2 aromatic rings. The molecule has 0 aliphatic heterocycles. The van der Waals surface area contributed by atoms with Crippen LogP contribution in [-0.2, 0) is 26.2 Å². The van der Waals surface area contributed by atoms with Gasteiger partial charge < -0.3 is 10.2 Å². The molecule has 2 rings (SSSR count). The van der Waals surface area contributed by atoms with Crippen molar-refractivity contribution < 1.29 is 22.4 Å². The van der Waals surface area contributed by atoms with Crippen LogP contribution in [0, 0.1) is 5.82 Å². The van der Waals surface area contributed by atoms with Crippen molar-refractivity contribution in [2.45, 2.75) is 25.9 Å². The Morgan fingerprint density at radius 2 is 1.75 bits per heavy atom. The molecule has 0 saturated carbocycles. The number of likely N-dealkylation sites (N-methyl/N-ethyl adjacent to an activating group) is 1. The molecule has 2 amide bonds. The number of carbonyl (C=O) groups is 2. The zero-order valence-corrected chi connectivity index (χ0v) is 20.1. The third-order valence-corrected chi connectivity index (χ3v) is 6.42. The van der Waals surface area contributed by atoms with E-state index >= 15 is 0 Å². The van der Waals surface area contributed by atoms with Gasteiger partial charge in [-0.05, 0) is 42.3 Å². The Morgan fingerprint density at radius 1 is 1.12 bits per heavy atom. The van der Waals surface area contributed by atoms with Crippen LogP contribution < -0.4 is 9.62 Å². The average Bonchev–Trinajstić information content (AvgIpc) is 2.72. The molecule has 0 aliphatic rings. The number of hydrogen-bond donors (Lipinski definition) is 1. The van der Waals surface area contributed by atoms with E-state index in [1.165, 1.54) is 54.4 Å². The summed E-state index contributed by atoms with van der Waals surface area (Å²) >= 11 is 12.1. The molecule has 0 spiro atoms. The molecule has 174 valence electrons. The number of amides is 2. The van der Waals surface area contributed by atoms with Crippen molar-refractivity contribution in [3.63, 3.8) is 0 Å². The predicted molar refractivity (Wildman–Crippen MR) is 124 cm³/mol. The summed E-state index contributed by atoms with van der Waals surface area (Å²) in [6.07, 6.45) is 1.23. The summed E-state index contributed by atoms with van der Waals surface area (Å²) in [7, 11) is -2.46. The van der Waals surface area contributed by atoms with Gasteiger partial charge in [0.25, 0.3) is 0 Å². The van der Waals surface area contributed by atoms with E-state index in [-0.39, 0.29) is 23.7 Å². The van der Waals surface area contributed by atoms with Crippen LogP contribution in [0.25, 0.3) is 0 Å². The molecule has 0 unspecified atom stereocenters. The van der Waals surface area contributed by atoms with E-state index in [4.69, 9.17) is 23.2 Å². The summed E-state index contributed by atoms with van der Waals surface area (Å²) in [6, 6.07) is 8.86. The maximum Gasteiger partial charge on any atom is 0.244 e. The molecule has 0 aromatic heterocycles. The minimum atomic E-state index is -3.91. The molecule has 0 radical (unpaired) electrons. The lowest BCUT2D eigenvalue weighted by atomic mass is 10.1. The Hall–Kier alpha value is -2.36. The molecule has 0 fully saturated rings. The first-order valence-electron chi connectivity index (χ1n) is 9.66. The number of carbonyl (C=O) groups excluding carboxylic acids is 2. The van der Waals surface area contributed by atoms with Gasteiger partial charge in [-0.15, -0.1) is 0 Å². The maximum absolute atomic E-state index is 13.3. The minimum Gasteiger partial charge on any atom is -0.357 e. The highest BCUT2D eigenvalue weighted by Crippen LogP contribution is 2.30. The largest absolute Gasteiger partial charge is 0.357 e. The predicted octanol–water partition coefficient (Wildman–Crippen LogP) is 3.45. The fourth-order valence-electron chi connectivity index (χ4n) is 3.15. The van der Waals surface area contributed by atoms with E-state index in [0.717, 1.165) is 10.6 Å². The van der Waals surface area contributed by atoms with Gasteiger partial charge in [0, 0.05) is 18.6 Å². The van der Waals surface area contributed by atoms with E-state index in [0.29, 0.717) is 10.6 Å². The van der Waals surface area contributed by atoms with Crippen LogP contribution in [0.15, 0.2) is 42.5 Å². The molecule has 1 atom stereocenters. The summed E-state index contributed by atoms with van der Waals surface area (Å²) < 4.78 is 39.2. The summed E-state index contributed by atoms with van der Waals surface area (Å²) in [5.74, 6) is -1.47. The zero-order chi connectivity index (χ0) is 24.1. The van der Waals surface area contributed by atoms with Crippen LogP contribution in [-0.4, -0.2) is 51.0 Å². The van der Waals surface area contributed by atoms with Gasteiger partial charge in [-0.25, -0.2) is 12.8 Å². The second-order valence-electron chi connectivity index (χ2n) is 7.05. The highest BCUT2D eigenvalue weighted by Gasteiger charge is 2.31. The normalized spacial score (nSPS) is 12.2. The van der Waals surface area contributed by atoms with Gasteiger partial charge in [0.1, 0.15) is 18.4 Å². The topological polar surface area (TPSA) is 86.8 Å². The molecule has 1 N–H and O–H groups in total. The molecule has 0 heterocycles. The average molecular weight is 504 g/mol. The SMILES string of the molecule is CC[C@H](C(=O)NC)N(Cc1ccc(F)cc1)C(=O)CN(c1ccc(Cl)cc1Cl)S(C)(=O)=O. The van der Waals surface area contributed by atoms with Crippen molar-refractivity contribution in [3.05, 3.63) is 63.9 Å². The zero-order valence-electron chi connectivity index (χ0n) is 17.8. The van der Waals surface area contributed by atoms with Crippen LogP contribution in [0.4, 0.5) is 10.1 Å². The number of hydrogen-bond acceptors (Lipinski definition) is 4. The molecule has 11 heteroatoms. The highest BCUT2D eigenvalue weighted by atomic mass is 35.5. The first kappa shape index (κ1) is 25.9. The first-order valence-corrected chi connectivity index (χ1v) is 12.3. The number of sulfonamides is 1. The number of rotatable bonds is 9. The number of nitrogens with one attached hydrogen (secondary N) is 1. The lowest BCUT2D eigenvalue weighted by Gasteiger charge is -2.32. The van der Waals surface area contributed by atoms with Crippen molar-refractivity contribution in [1.82, 2.24) is 10.2 Å². The van der Waals surface area contributed by atoms with Crippen LogP contribution in [0.3, 0.4) is 0 Å². The lowest BCUT2D eigenvalue weighted by molar-refractivity contribution is -0.140. The van der Waals surface area contributed by atoms with Crippen molar-refractivity contribution in [2.75, 3.05) is 24.2 Å². The Bertz CT molecular complexity index is 1080. The van der Waals surface area contributed by atoms with Crippen LogP contribution in [0.5, 0.6) is 0 Å². The molecule has 7 nitrogen and oxygen atoms in total. The quantitative estimate of drug-likeness (QED) is 0.567. The van der Waals surface area contributed by atoms with Crippen molar-refractivity contribution >= 4 is 50.7 Å². The van der Waals surface area contributed by atoms with Crippen LogP contribution in [0.2, 0.25) is 10.0 Å². The van der Waals surface area contributed by atoms with E-state index in [1.807, 2.05) is 0 Å². The smallest absolute Gasteiger partial charge is 0.244 e. The van der Waals surface area contributed by atoms with Crippen molar-refractivity contribution in [1.29, 1.82) is 0 Å². The molecule has 0 bridgehead atoms. The van der Waals surface area contributed by atoms with Gasteiger partial charge in [-0.1, -0.05) is 42.3 Å². The minimum absolute atomic E-state index is 0.0169. The number of halogens is 3. The van der Waals surface area contributed by atoms with E-state index in [1.54, 1.807) is 6.92 Å². The second kappa shape index (κ2) is 11.0. The second-order valence-corrected chi connectivity index (χ2v) is 9.80. The van der Waals surface area contributed by atoms with Crippen LogP contribution in [0.1, 0.15) is 18.9 Å². The summed E-state index contributed by atoms with van der Waals surface area (Å²) in [5, 5.41) is 2.88. The lowest BCUT2D eigenvalue weighted by Crippen LogP contribution is -2.51. The summed E-state index contributed by atoms with van der Waals surface area (Å²) in [4.78, 5) is 27.1. The highest BCUT2D eigenvalue weighted by molar-refractivity contribution is 7.92. The number of nitrogens with zero attached hydrogens (tertiary/aromatic N) is 2. The Balaban J connectivity index is 2.45. The Labute approximate surface area is 197 Å². The van der Waals surface area contributed by atoms with Gasteiger partial charge in [-0.2, -0.15) is 0 Å². The molecular weight excluding hydrogens is 480 g/mol. The summed E-state index contributed by atoms with van der Waals surface area (Å²) in [5.41, 5.74) is 0.666. The standard InChI is InChI=1S/C21H24Cl2FN3O4S/c1-4-18(21(29)25-2)26(12-14-5-8-16(24)9-6-14)20(28)13-27(32(3,30)31)19-10-7-15(22)11-17(19)23/h5-11,18H,4,12-13H2,1-3H3,(H,25,29)/t18-/m1/s1. The first-order chi connectivity index (χ1) is 15.0. The molecule has 2 aromatic carbocycles. The van der Waals surface area contributed by atoms with Crippen LogP contribution >= 0.6 is 23.2 Å². The number of benzene rings is 2. The van der Waals surface area contributed by atoms with Gasteiger partial charge in [0.2, 0.25) is 21.8 Å². The van der Waals surface area contributed by atoms with Crippen molar-refractivity contribution in [2.24, 2.45) is 0 Å². The fraction of sp³-hybridized carbons (Fsp3) is 0.333. The van der Waals surface area contributed by atoms with E-state index in [9.17, 15) is 22.4 Å². The van der Waals surface area contributed by atoms with E-state index < -0.39 is 40.2 Å². The third kappa shape index (κ3) is 6.57. The fourth-order valence-corrected chi connectivity index (χ4v) is 4.57. The summed E-state index contributed by atoms with van der Waals surface area (Å²) in [6.45, 7) is 1.13. The monoisotopic (exact) mass is 503 g/mol. The Kier molecular flexibility index (Phi) is 8.89. The molecular formula is C21H24Cl2FN3O4S. The van der Waals surface area contributed by atoms with Crippen molar-refractivity contribution in [3.8, 4) is 0 Å². The molecule has 32 heavy (non-hydrogen) atoms. The third-order valence-electron chi connectivity index (χ3n) is 4.76. The van der Waals surface area contributed by atoms with Gasteiger partial charge in [0.05, 0.1) is 17.0 Å². The van der Waals surface area contributed by atoms with Gasteiger partial charge in [-0.3, -0.25) is 13.9 Å². The van der Waals surface area contributed by atoms with Gasteiger partial charge in [0.15, 0.2) is 0 Å². The van der Waals surface area contributed by atoms with Gasteiger partial charge >= 0.3 is 0 Å². The Morgan fingerprint density at radius 3 is 2.25 bits per heavy atom. The molecule has 0 saturated heterocycles.